The van der Waals surface area contributed by atoms with Gasteiger partial charge in [0.15, 0.2) is 0 Å². The molecule has 1 aromatic carbocycles. The van der Waals surface area contributed by atoms with Crippen molar-refractivity contribution in [1.82, 2.24) is 10.3 Å². The van der Waals surface area contributed by atoms with Crippen LogP contribution in [0.15, 0.2) is 18.2 Å². The topological polar surface area (TPSA) is 51.2 Å². The number of ketones is 1. The number of nitrogens with zero attached hydrogens (tertiary/aromatic N) is 1. The van der Waals surface area contributed by atoms with E-state index in [1.165, 1.54) is 20.9 Å². The van der Waals surface area contributed by atoms with Crippen LogP contribution in [0.5, 0.6) is 5.75 Å². The molecule has 0 spiro atoms. The fraction of sp³-hybridized carbons (Fsp3) is 0.478. The summed E-state index contributed by atoms with van der Waals surface area (Å²) in [7, 11) is 1.68. The van der Waals surface area contributed by atoms with E-state index >= 15 is 0 Å². The zero-order valence-corrected chi connectivity index (χ0v) is 19.0. The molecule has 0 saturated heterocycles. The second kappa shape index (κ2) is 8.94. The molecule has 0 amide bonds. The zero-order valence-electron chi connectivity index (χ0n) is 17.3. The van der Waals surface area contributed by atoms with Crippen molar-refractivity contribution in [3.8, 4) is 16.3 Å². The summed E-state index contributed by atoms with van der Waals surface area (Å²) in [5.41, 5.74) is 3.58. The fourth-order valence-corrected chi connectivity index (χ4v) is 6.35. The lowest BCUT2D eigenvalue weighted by Crippen LogP contribution is -2.22. The Morgan fingerprint density at radius 1 is 1.31 bits per heavy atom. The average Bonchev–Trinajstić information content (AvgIpc) is 3.27. The molecule has 0 saturated carbocycles. The van der Waals surface area contributed by atoms with Gasteiger partial charge in [-0.2, -0.15) is 0 Å². The number of fused-ring (bicyclic) bond motifs is 2. The fourth-order valence-electron chi connectivity index (χ4n) is 3.88. The van der Waals surface area contributed by atoms with E-state index in [9.17, 15) is 4.79 Å². The van der Waals surface area contributed by atoms with Gasteiger partial charge in [-0.15, -0.1) is 22.7 Å². The molecule has 1 aliphatic rings. The Balaban J connectivity index is 1.66. The van der Waals surface area contributed by atoms with Crippen LogP contribution in [0.1, 0.15) is 48.4 Å². The summed E-state index contributed by atoms with van der Waals surface area (Å²) in [5.74, 6) is 1.82. The van der Waals surface area contributed by atoms with Crippen LogP contribution < -0.4 is 10.1 Å². The Morgan fingerprint density at radius 2 is 2.17 bits per heavy atom. The highest BCUT2D eigenvalue weighted by atomic mass is 32.1. The molecule has 0 bridgehead atoms. The number of carbonyl (C=O) groups excluding carboxylic acids is 1. The maximum absolute atomic E-state index is 12.7. The van der Waals surface area contributed by atoms with E-state index in [1.807, 2.05) is 12.1 Å². The molecule has 6 heteroatoms. The van der Waals surface area contributed by atoms with Gasteiger partial charge in [0.1, 0.15) is 16.5 Å². The second-order valence-corrected chi connectivity index (χ2v) is 10.3. The summed E-state index contributed by atoms with van der Waals surface area (Å²) in [4.78, 5) is 20.2. The zero-order chi connectivity index (χ0) is 20.4. The van der Waals surface area contributed by atoms with Crippen LogP contribution >= 0.6 is 22.7 Å². The number of ether oxygens (including phenoxy) is 1. The van der Waals surface area contributed by atoms with Crippen LogP contribution in [-0.2, 0) is 24.2 Å². The smallest absolute Gasteiger partial charge is 0.138 e. The number of thiophene rings is 1. The maximum Gasteiger partial charge on any atom is 0.138 e. The number of rotatable bonds is 8. The molecule has 0 unspecified atom stereocenters. The van der Waals surface area contributed by atoms with Crippen molar-refractivity contribution in [2.24, 2.45) is 5.92 Å². The number of nitrogens with one attached hydrogen (secondary N) is 1. The van der Waals surface area contributed by atoms with E-state index < -0.39 is 0 Å². The number of hydrogen-bond acceptors (Lipinski definition) is 6. The third kappa shape index (κ3) is 4.55. The van der Waals surface area contributed by atoms with Crippen LogP contribution in [0.4, 0.5) is 0 Å². The molecule has 1 aliphatic heterocycles. The van der Waals surface area contributed by atoms with Crippen molar-refractivity contribution in [3.63, 3.8) is 0 Å². The number of aromatic nitrogens is 1. The minimum atomic E-state index is 0.348. The molecule has 29 heavy (non-hydrogen) atoms. The van der Waals surface area contributed by atoms with Gasteiger partial charge < -0.3 is 10.1 Å². The number of hydrogen-bond donors (Lipinski definition) is 1. The van der Waals surface area contributed by atoms with Crippen LogP contribution in [0.3, 0.4) is 0 Å². The van der Waals surface area contributed by atoms with Crippen LogP contribution in [-0.4, -0.2) is 24.4 Å². The average molecular weight is 429 g/mol. The van der Waals surface area contributed by atoms with Gasteiger partial charge in [-0.05, 0) is 43.0 Å². The third-order valence-corrected chi connectivity index (χ3v) is 7.69. The summed E-state index contributed by atoms with van der Waals surface area (Å²) >= 11 is 3.52. The van der Waals surface area contributed by atoms with Crippen LogP contribution in [0.25, 0.3) is 20.8 Å². The van der Waals surface area contributed by atoms with Gasteiger partial charge in [0, 0.05) is 40.8 Å². The molecule has 3 aromatic rings. The van der Waals surface area contributed by atoms with Gasteiger partial charge in [-0.3, -0.25) is 4.79 Å². The van der Waals surface area contributed by atoms with Crippen molar-refractivity contribution >= 4 is 38.7 Å². The molecule has 0 fully saturated rings. The number of thiazole rings is 1. The molecular weight excluding hydrogens is 400 g/mol. The highest BCUT2D eigenvalue weighted by molar-refractivity contribution is 7.22. The summed E-state index contributed by atoms with van der Waals surface area (Å²) < 4.78 is 6.51. The highest BCUT2D eigenvalue weighted by Crippen LogP contribution is 2.42. The minimum Gasteiger partial charge on any atom is -0.497 e. The lowest BCUT2D eigenvalue weighted by molar-refractivity contribution is -0.118. The normalized spacial score (nSPS) is 13.8. The lowest BCUT2D eigenvalue weighted by Gasteiger charge is -2.13. The Kier molecular flexibility index (Phi) is 6.32. The molecule has 4 nitrogen and oxygen atoms in total. The van der Waals surface area contributed by atoms with Crippen molar-refractivity contribution in [2.45, 2.75) is 52.5 Å². The molecule has 3 heterocycles. The molecule has 154 valence electrons. The van der Waals surface area contributed by atoms with Gasteiger partial charge in [0.2, 0.25) is 0 Å². The van der Waals surface area contributed by atoms with E-state index in [0.29, 0.717) is 24.5 Å². The quantitative estimate of drug-likeness (QED) is 0.506. The minimum absolute atomic E-state index is 0.348. The Hall–Kier alpha value is -1.76. The Morgan fingerprint density at radius 3 is 2.97 bits per heavy atom. The number of benzene rings is 1. The van der Waals surface area contributed by atoms with Crippen LogP contribution in [0, 0.1) is 5.92 Å². The van der Waals surface area contributed by atoms with Gasteiger partial charge in [-0.25, -0.2) is 4.98 Å². The van der Waals surface area contributed by atoms with Crippen molar-refractivity contribution in [2.75, 3.05) is 13.7 Å². The van der Waals surface area contributed by atoms with E-state index in [4.69, 9.17) is 9.72 Å². The van der Waals surface area contributed by atoms with Crippen molar-refractivity contribution in [1.29, 1.82) is 0 Å². The van der Waals surface area contributed by atoms with Gasteiger partial charge in [-0.1, -0.05) is 20.3 Å². The maximum atomic E-state index is 12.7. The number of Topliss-reactive ketones (excluding diaryl/α,β-unsaturated/α-hetero) is 1. The summed E-state index contributed by atoms with van der Waals surface area (Å²) in [5, 5.41) is 4.51. The third-order valence-electron chi connectivity index (χ3n) is 5.40. The van der Waals surface area contributed by atoms with Gasteiger partial charge >= 0.3 is 0 Å². The number of carbonyl (C=O) groups is 1. The van der Waals surface area contributed by atoms with Crippen molar-refractivity contribution < 1.29 is 9.53 Å². The first kappa shape index (κ1) is 20.5. The monoisotopic (exact) mass is 428 g/mol. The molecule has 0 atom stereocenters. The first-order chi connectivity index (χ1) is 14.0. The van der Waals surface area contributed by atoms with Gasteiger partial charge in [0.05, 0.1) is 17.3 Å². The summed E-state index contributed by atoms with van der Waals surface area (Å²) in [6.07, 6.45) is 4.31. The molecule has 0 aliphatic carbocycles. The molecule has 4 rings (SSSR count). The molecule has 0 radical (unpaired) electrons. The van der Waals surface area contributed by atoms with E-state index in [0.717, 1.165) is 53.3 Å². The second-order valence-electron chi connectivity index (χ2n) is 8.08. The van der Waals surface area contributed by atoms with E-state index in [-0.39, 0.29) is 0 Å². The Bertz CT molecular complexity index is 1020. The lowest BCUT2D eigenvalue weighted by atomic mass is 9.99. The SMILES string of the molecule is COc1ccc2sc(-c3c(CC(=O)CCCC(C)C)sc4c3CCNC4)nc2c1. The predicted octanol–water partition coefficient (Wildman–Crippen LogP) is 5.62. The largest absolute Gasteiger partial charge is 0.497 e. The first-order valence-corrected chi connectivity index (χ1v) is 12.0. The first-order valence-electron chi connectivity index (χ1n) is 10.4. The summed E-state index contributed by atoms with van der Waals surface area (Å²) in [6.45, 7) is 6.31. The Labute approximate surface area is 180 Å². The van der Waals surface area contributed by atoms with Crippen molar-refractivity contribution in [3.05, 3.63) is 33.5 Å². The standard InChI is InChI=1S/C23H28N2O2S2/c1-14(2)5-4-6-15(26)11-20-22(17-9-10-24-13-21(17)28-20)23-25-18-12-16(27-3)7-8-19(18)29-23/h7-8,12,14,24H,4-6,9-11,13H2,1-3H3. The molecule has 2 aromatic heterocycles. The molecular formula is C23H28N2O2S2. The highest BCUT2D eigenvalue weighted by Gasteiger charge is 2.25. The molecule has 1 N–H and O–H groups in total. The predicted molar refractivity (Wildman–Crippen MR) is 122 cm³/mol. The summed E-state index contributed by atoms with van der Waals surface area (Å²) in [6, 6.07) is 6.05. The number of methoxy groups -OCH3 is 1. The van der Waals surface area contributed by atoms with Crippen LogP contribution in [0.2, 0.25) is 0 Å². The van der Waals surface area contributed by atoms with E-state index in [2.05, 4.69) is 25.2 Å². The van der Waals surface area contributed by atoms with E-state index in [1.54, 1.807) is 29.8 Å². The van der Waals surface area contributed by atoms with Gasteiger partial charge in [0.25, 0.3) is 0 Å².